The summed E-state index contributed by atoms with van der Waals surface area (Å²) < 4.78 is 28.6. The van der Waals surface area contributed by atoms with Crippen LogP contribution >= 0.6 is 0 Å². The molecule has 0 radical (unpaired) electrons. The van der Waals surface area contributed by atoms with Crippen molar-refractivity contribution in [2.24, 2.45) is 0 Å². The van der Waals surface area contributed by atoms with Gasteiger partial charge in [0.25, 0.3) is 5.56 Å². The second-order valence-corrected chi connectivity index (χ2v) is 10.1. The molecule has 1 fully saturated rings. The van der Waals surface area contributed by atoms with Gasteiger partial charge in [0, 0.05) is 6.54 Å². The molecule has 6 rings (SSSR count). The minimum Gasteiger partial charge on any atom is -0.497 e. The first-order chi connectivity index (χ1) is 20.5. The standard InChI is InChI=1S/C32H30FN5O4.CH4/c1-3-42-32(40)29-28-30(38(35-29)23-11-13-24(41-2)14-12-23)31(39)37(20-34-28)27-15-10-21(18-26(27)33)25-9-5-4-8-22(25)19-36-16-6-7-17-36;/h4-5,8-15,18,20H,3,6-7,16-17,19H2,1-2H3;1H4. The van der Waals surface area contributed by atoms with Gasteiger partial charge in [-0.2, -0.15) is 5.10 Å². The summed E-state index contributed by atoms with van der Waals surface area (Å²) in [6.45, 7) is 4.73. The van der Waals surface area contributed by atoms with E-state index in [9.17, 15) is 9.59 Å². The van der Waals surface area contributed by atoms with E-state index in [1.54, 1.807) is 44.4 Å². The Balaban J connectivity index is 0.00000368. The molecule has 0 N–H and O–H groups in total. The maximum atomic E-state index is 15.8. The van der Waals surface area contributed by atoms with E-state index < -0.39 is 17.3 Å². The van der Waals surface area contributed by atoms with Crippen molar-refractivity contribution < 1.29 is 18.7 Å². The van der Waals surface area contributed by atoms with Crippen LogP contribution in [0, 0.1) is 5.82 Å². The largest absolute Gasteiger partial charge is 0.497 e. The second kappa shape index (κ2) is 12.6. The SMILES string of the molecule is C.CCOC(=O)c1nn(-c2ccc(OC)cc2)c2c(=O)n(-c3ccc(-c4ccccc4CN4CCCC4)cc3F)cnc12. The Morgan fingerprint density at radius 3 is 2.47 bits per heavy atom. The Hall–Kier alpha value is -4.83. The third-order valence-corrected chi connectivity index (χ3v) is 7.50. The number of methoxy groups -OCH3 is 1. The van der Waals surface area contributed by atoms with E-state index in [2.05, 4.69) is 21.0 Å². The summed E-state index contributed by atoms with van der Waals surface area (Å²) in [6.07, 6.45) is 3.60. The van der Waals surface area contributed by atoms with Gasteiger partial charge in [0.2, 0.25) is 0 Å². The number of aromatic nitrogens is 4. The third-order valence-electron chi connectivity index (χ3n) is 7.50. The molecule has 3 aromatic carbocycles. The zero-order valence-electron chi connectivity index (χ0n) is 23.4. The topological polar surface area (TPSA) is 91.5 Å². The highest BCUT2D eigenvalue weighted by Crippen LogP contribution is 2.29. The van der Waals surface area contributed by atoms with Gasteiger partial charge in [-0.3, -0.25) is 14.3 Å². The average molecular weight is 584 g/mol. The molecule has 3 heterocycles. The fourth-order valence-electron chi connectivity index (χ4n) is 5.42. The van der Waals surface area contributed by atoms with Gasteiger partial charge in [0.15, 0.2) is 11.2 Å². The van der Waals surface area contributed by atoms with E-state index in [4.69, 9.17) is 9.47 Å². The molecule has 9 nitrogen and oxygen atoms in total. The first-order valence-electron chi connectivity index (χ1n) is 13.9. The van der Waals surface area contributed by atoms with Crippen molar-refractivity contribution in [1.82, 2.24) is 24.2 Å². The number of carbonyl (C=O) groups excluding carboxylic acids is 1. The van der Waals surface area contributed by atoms with E-state index in [0.29, 0.717) is 11.4 Å². The molecule has 10 heteroatoms. The van der Waals surface area contributed by atoms with Crippen LogP contribution in [0.2, 0.25) is 0 Å². The molecule has 5 aromatic rings. The van der Waals surface area contributed by atoms with Gasteiger partial charge in [-0.15, -0.1) is 0 Å². The van der Waals surface area contributed by atoms with Crippen molar-refractivity contribution in [1.29, 1.82) is 0 Å². The minimum absolute atomic E-state index is 0. The highest BCUT2D eigenvalue weighted by Gasteiger charge is 2.25. The highest BCUT2D eigenvalue weighted by atomic mass is 19.1. The van der Waals surface area contributed by atoms with Crippen LogP contribution in [0.25, 0.3) is 33.5 Å². The Labute approximate surface area is 249 Å². The van der Waals surface area contributed by atoms with Gasteiger partial charge in [0.05, 0.1) is 25.1 Å². The molecule has 222 valence electrons. The maximum absolute atomic E-state index is 15.8. The summed E-state index contributed by atoms with van der Waals surface area (Å²) in [5.41, 5.74) is 2.74. The van der Waals surface area contributed by atoms with Crippen LogP contribution in [0.3, 0.4) is 0 Å². The number of esters is 1. The number of rotatable bonds is 8. The predicted molar refractivity (Wildman–Crippen MR) is 164 cm³/mol. The lowest BCUT2D eigenvalue weighted by atomic mass is 9.99. The lowest BCUT2D eigenvalue weighted by molar-refractivity contribution is 0.0521. The van der Waals surface area contributed by atoms with Gasteiger partial charge < -0.3 is 9.47 Å². The molecule has 0 bridgehead atoms. The smallest absolute Gasteiger partial charge is 0.361 e. The van der Waals surface area contributed by atoms with Crippen molar-refractivity contribution in [2.75, 3.05) is 26.8 Å². The number of carbonyl (C=O) groups is 1. The third kappa shape index (κ3) is 5.65. The molecule has 1 aliphatic rings. The summed E-state index contributed by atoms with van der Waals surface area (Å²) in [6, 6.07) is 19.7. The monoisotopic (exact) mass is 583 g/mol. The van der Waals surface area contributed by atoms with Gasteiger partial charge in [-0.25, -0.2) is 18.9 Å². The molecule has 0 amide bonds. The van der Waals surface area contributed by atoms with Crippen molar-refractivity contribution >= 4 is 17.0 Å². The van der Waals surface area contributed by atoms with Crippen molar-refractivity contribution in [2.45, 2.75) is 33.7 Å². The number of benzene rings is 3. The van der Waals surface area contributed by atoms with Gasteiger partial charge in [-0.05, 0) is 85.9 Å². The van der Waals surface area contributed by atoms with Crippen LogP contribution in [-0.2, 0) is 11.3 Å². The van der Waals surface area contributed by atoms with Crippen LogP contribution in [-0.4, -0.2) is 57.0 Å². The van der Waals surface area contributed by atoms with Gasteiger partial charge in [-0.1, -0.05) is 37.8 Å². The number of fused-ring (bicyclic) bond motifs is 1. The molecule has 0 spiro atoms. The van der Waals surface area contributed by atoms with E-state index >= 15 is 4.39 Å². The van der Waals surface area contributed by atoms with Crippen LogP contribution in [0.15, 0.2) is 77.9 Å². The fraction of sp³-hybridized carbons (Fsp3) is 0.273. The highest BCUT2D eigenvalue weighted by molar-refractivity contribution is 6.00. The quantitative estimate of drug-likeness (QED) is 0.213. The molecule has 1 aliphatic heterocycles. The van der Waals surface area contributed by atoms with Crippen LogP contribution in [0.5, 0.6) is 5.75 Å². The zero-order chi connectivity index (χ0) is 29.2. The molecule has 0 aliphatic carbocycles. The normalized spacial score (nSPS) is 13.2. The molecule has 0 unspecified atom stereocenters. The Morgan fingerprint density at radius 2 is 1.77 bits per heavy atom. The average Bonchev–Trinajstić information content (AvgIpc) is 3.67. The van der Waals surface area contributed by atoms with Gasteiger partial charge in [0.1, 0.15) is 23.4 Å². The molecule has 0 saturated carbocycles. The Bertz CT molecular complexity index is 1820. The first kappa shape index (κ1) is 29.7. The lowest BCUT2D eigenvalue weighted by Gasteiger charge is -2.18. The summed E-state index contributed by atoms with van der Waals surface area (Å²) in [5, 5.41) is 4.38. The maximum Gasteiger partial charge on any atom is 0.361 e. The lowest BCUT2D eigenvalue weighted by Crippen LogP contribution is -2.22. The van der Waals surface area contributed by atoms with Crippen molar-refractivity contribution in [3.05, 3.63) is 100 Å². The fourth-order valence-corrected chi connectivity index (χ4v) is 5.42. The Kier molecular flexibility index (Phi) is 8.68. The van der Waals surface area contributed by atoms with E-state index in [-0.39, 0.29) is 36.4 Å². The molecule has 0 atom stereocenters. The van der Waals surface area contributed by atoms with E-state index in [1.165, 1.54) is 29.9 Å². The first-order valence-corrected chi connectivity index (χ1v) is 13.9. The minimum atomic E-state index is -0.706. The van der Waals surface area contributed by atoms with Crippen LogP contribution in [0.1, 0.15) is 43.2 Å². The number of nitrogens with zero attached hydrogens (tertiary/aromatic N) is 5. The van der Waals surface area contributed by atoms with Crippen molar-refractivity contribution in [3.63, 3.8) is 0 Å². The van der Waals surface area contributed by atoms with E-state index in [0.717, 1.165) is 40.9 Å². The molecule has 2 aromatic heterocycles. The number of halogens is 1. The summed E-state index contributed by atoms with van der Waals surface area (Å²) >= 11 is 0. The summed E-state index contributed by atoms with van der Waals surface area (Å²) in [5.74, 6) is -0.670. The van der Waals surface area contributed by atoms with Gasteiger partial charge >= 0.3 is 5.97 Å². The van der Waals surface area contributed by atoms with Crippen LogP contribution < -0.4 is 10.3 Å². The second-order valence-electron chi connectivity index (χ2n) is 10.1. The Morgan fingerprint density at radius 1 is 1.02 bits per heavy atom. The summed E-state index contributed by atoms with van der Waals surface area (Å²) in [7, 11) is 1.55. The number of hydrogen-bond donors (Lipinski definition) is 0. The van der Waals surface area contributed by atoms with Crippen LogP contribution in [0.4, 0.5) is 4.39 Å². The molecule has 1 saturated heterocycles. The number of hydrogen-bond acceptors (Lipinski definition) is 7. The molecular weight excluding hydrogens is 549 g/mol. The zero-order valence-corrected chi connectivity index (χ0v) is 23.4. The van der Waals surface area contributed by atoms with Crippen molar-refractivity contribution in [3.8, 4) is 28.3 Å². The molecular formula is C33H34FN5O4. The predicted octanol–water partition coefficient (Wildman–Crippen LogP) is 5.79. The number of likely N-dealkylation sites (tertiary alicyclic amines) is 1. The molecule has 43 heavy (non-hydrogen) atoms. The van der Waals surface area contributed by atoms with E-state index in [1.807, 2.05) is 24.3 Å². The number of ether oxygens (including phenoxy) is 2. The summed E-state index contributed by atoms with van der Waals surface area (Å²) in [4.78, 5) is 33.4.